The molecule has 144 valence electrons. The van der Waals surface area contributed by atoms with Gasteiger partial charge in [0.1, 0.15) is 0 Å². The SMILES string of the molecule is CCOc1cc(C(=O)NCCOC)ccc1OCC(=O)N1CCCCC1. The van der Waals surface area contributed by atoms with Crippen molar-refractivity contribution in [3.8, 4) is 11.5 Å². The minimum absolute atomic E-state index is 0.0199. The molecule has 0 aliphatic carbocycles. The number of ether oxygens (including phenoxy) is 3. The van der Waals surface area contributed by atoms with E-state index < -0.39 is 0 Å². The standard InChI is InChI=1S/C19H28N2O5/c1-3-25-17-13-15(19(23)20-9-12-24-2)7-8-16(17)26-14-18(22)21-10-5-4-6-11-21/h7-8,13H,3-6,9-12,14H2,1-2H3,(H,20,23). The maximum atomic E-state index is 12.2. The molecule has 0 bridgehead atoms. The number of nitrogens with zero attached hydrogens (tertiary/aromatic N) is 1. The van der Waals surface area contributed by atoms with Crippen molar-refractivity contribution in [2.45, 2.75) is 26.2 Å². The predicted molar refractivity (Wildman–Crippen MR) is 97.7 cm³/mol. The molecule has 0 aromatic heterocycles. The van der Waals surface area contributed by atoms with E-state index in [1.54, 1.807) is 25.3 Å². The molecule has 0 unspecified atom stereocenters. The van der Waals surface area contributed by atoms with Crippen molar-refractivity contribution in [3.63, 3.8) is 0 Å². The van der Waals surface area contributed by atoms with E-state index in [1.165, 1.54) is 6.42 Å². The molecule has 7 nitrogen and oxygen atoms in total. The lowest BCUT2D eigenvalue weighted by molar-refractivity contribution is -0.134. The zero-order chi connectivity index (χ0) is 18.8. The maximum absolute atomic E-state index is 12.2. The Morgan fingerprint density at radius 2 is 1.88 bits per heavy atom. The van der Waals surface area contributed by atoms with Crippen LogP contribution in [-0.2, 0) is 9.53 Å². The third-order valence-corrected chi connectivity index (χ3v) is 4.16. The molecule has 0 radical (unpaired) electrons. The molecule has 0 atom stereocenters. The first kappa shape index (κ1) is 20.0. The van der Waals surface area contributed by atoms with Crippen molar-refractivity contribution in [2.75, 3.05) is 46.6 Å². The molecule has 1 aromatic carbocycles. The summed E-state index contributed by atoms with van der Waals surface area (Å²) < 4.78 is 16.2. The molecule has 1 saturated heterocycles. The molecular weight excluding hydrogens is 336 g/mol. The van der Waals surface area contributed by atoms with Crippen LogP contribution in [0.4, 0.5) is 0 Å². The van der Waals surface area contributed by atoms with Gasteiger partial charge in [0.05, 0.1) is 13.2 Å². The van der Waals surface area contributed by atoms with E-state index in [9.17, 15) is 9.59 Å². The van der Waals surface area contributed by atoms with E-state index >= 15 is 0 Å². The maximum Gasteiger partial charge on any atom is 0.260 e. The average molecular weight is 364 g/mol. The van der Waals surface area contributed by atoms with E-state index in [4.69, 9.17) is 14.2 Å². The average Bonchev–Trinajstić information content (AvgIpc) is 2.67. The Kier molecular flexibility index (Phi) is 8.21. The zero-order valence-corrected chi connectivity index (χ0v) is 15.6. The highest BCUT2D eigenvalue weighted by Crippen LogP contribution is 2.28. The first-order chi connectivity index (χ1) is 12.7. The van der Waals surface area contributed by atoms with Gasteiger partial charge in [-0.3, -0.25) is 9.59 Å². The first-order valence-electron chi connectivity index (χ1n) is 9.10. The number of hydrogen-bond donors (Lipinski definition) is 1. The molecule has 7 heteroatoms. The number of benzene rings is 1. The molecule has 2 rings (SSSR count). The van der Waals surface area contributed by atoms with E-state index in [-0.39, 0.29) is 18.4 Å². The minimum atomic E-state index is -0.209. The summed E-state index contributed by atoms with van der Waals surface area (Å²) >= 11 is 0. The number of hydrogen-bond acceptors (Lipinski definition) is 5. The largest absolute Gasteiger partial charge is 0.490 e. The highest BCUT2D eigenvalue weighted by atomic mass is 16.5. The van der Waals surface area contributed by atoms with Crippen LogP contribution < -0.4 is 14.8 Å². The van der Waals surface area contributed by atoms with Gasteiger partial charge in [-0.1, -0.05) is 0 Å². The topological polar surface area (TPSA) is 77.1 Å². The number of amides is 2. The van der Waals surface area contributed by atoms with Crippen LogP contribution in [0, 0.1) is 0 Å². The van der Waals surface area contributed by atoms with E-state index in [0.29, 0.717) is 36.8 Å². The van der Waals surface area contributed by atoms with Crippen molar-refractivity contribution in [1.29, 1.82) is 0 Å². The lowest BCUT2D eigenvalue weighted by Crippen LogP contribution is -2.38. The number of piperidine rings is 1. The fourth-order valence-electron chi connectivity index (χ4n) is 2.78. The lowest BCUT2D eigenvalue weighted by Gasteiger charge is -2.26. The summed E-state index contributed by atoms with van der Waals surface area (Å²) in [6, 6.07) is 4.96. The molecule has 1 aliphatic rings. The van der Waals surface area contributed by atoms with Crippen molar-refractivity contribution in [2.24, 2.45) is 0 Å². The van der Waals surface area contributed by atoms with Gasteiger partial charge >= 0.3 is 0 Å². The Morgan fingerprint density at radius 1 is 1.12 bits per heavy atom. The Labute approximate surface area is 154 Å². The second-order valence-electron chi connectivity index (χ2n) is 6.07. The normalized spacial score (nSPS) is 14.0. The Morgan fingerprint density at radius 3 is 2.58 bits per heavy atom. The Hall–Kier alpha value is -2.28. The molecule has 26 heavy (non-hydrogen) atoms. The van der Waals surface area contributed by atoms with Crippen molar-refractivity contribution < 1.29 is 23.8 Å². The van der Waals surface area contributed by atoms with Crippen LogP contribution in [0.1, 0.15) is 36.5 Å². The fraction of sp³-hybridized carbons (Fsp3) is 0.579. The van der Waals surface area contributed by atoms with Gasteiger partial charge in [-0.2, -0.15) is 0 Å². The van der Waals surface area contributed by atoms with Crippen LogP contribution in [0.2, 0.25) is 0 Å². The molecule has 1 aliphatic heterocycles. The molecule has 1 N–H and O–H groups in total. The van der Waals surface area contributed by atoms with Gasteiger partial charge in [0.25, 0.3) is 11.8 Å². The van der Waals surface area contributed by atoms with Gasteiger partial charge < -0.3 is 24.4 Å². The second-order valence-corrected chi connectivity index (χ2v) is 6.07. The van der Waals surface area contributed by atoms with E-state index in [0.717, 1.165) is 25.9 Å². The smallest absolute Gasteiger partial charge is 0.260 e. The Bertz CT molecular complexity index is 600. The summed E-state index contributed by atoms with van der Waals surface area (Å²) in [5.74, 6) is 0.691. The monoisotopic (exact) mass is 364 g/mol. The number of methoxy groups -OCH3 is 1. The number of carbonyl (C=O) groups is 2. The van der Waals surface area contributed by atoms with Crippen LogP contribution in [0.15, 0.2) is 18.2 Å². The van der Waals surface area contributed by atoms with Gasteiger partial charge in [-0.05, 0) is 44.4 Å². The van der Waals surface area contributed by atoms with Crippen LogP contribution >= 0.6 is 0 Å². The zero-order valence-electron chi connectivity index (χ0n) is 15.6. The van der Waals surface area contributed by atoms with Gasteiger partial charge in [-0.25, -0.2) is 0 Å². The first-order valence-corrected chi connectivity index (χ1v) is 9.10. The highest BCUT2D eigenvalue weighted by molar-refractivity contribution is 5.94. The summed E-state index contributed by atoms with van der Waals surface area (Å²) in [6.07, 6.45) is 3.26. The van der Waals surface area contributed by atoms with Crippen molar-refractivity contribution in [3.05, 3.63) is 23.8 Å². The fourth-order valence-corrected chi connectivity index (χ4v) is 2.78. The van der Waals surface area contributed by atoms with Crippen molar-refractivity contribution >= 4 is 11.8 Å². The number of rotatable bonds is 9. The molecular formula is C19H28N2O5. The third kappa shape index (κ3) is 5.91. The summed E-state index contributed by atoms with van der Waals surface area (Å²) in [5.41, 5.74) is 0.472. The number of nitrogens with one attached hydrogen (secondary N) is 1. The Balaban J connectivity index is 1.98. The highest BCUT2D eigenvalue weighted by Gasteiger charge is 2.18. The molecule has 1 aromatic rings. The summed E-state index contributed by atoms with van der Waals surface area (Å²) in [5, 5.41) is 2.76. The van der Waals surface area contributed by atoms with Crippen LogP contribution in [-0.4, -0.2) is 63.3 Å². The van der Waals surface area contributed by atoms with Crippen LogP contribution in [0.3, 0.4) is 0 Å². The van der Waals surface area contributed by atoms with Crippen LogP contribution in [0.5, 0.6) is 11.5 Å². The predicted octanol–water partition coefficient (Wildman–Crippen LogP) is 1.85. The third-order valence-electron chi connectivity index (χ3n) is 4.16. The summed E-state index contributed by atoms with van der Waals surface area (Å²) in [4.78, 5) is 26.2. The van der Waals surface area contributed by atoms with Gasteiger partial charge in [0.15, 0.2) is 18.1 Å². The minimum Gasteiger partial charge on any atom is -0.490 e. The lowest BCUT2D eigenvalue weighted by atomic mass is 10.1. The molecule has 1 heterocycles. The summed E-state index contributed by atoms with van der Waals surface area (Å²) in [6.45, 7) is 4.73. The van der Waals surface area contributed by atoms with Gasteiger partial charge in [-0.15, -0.1) is 0 Å². The number of likely N-dealkylation sites (tertiary alicyclic amines) is 1. The summed E-state index contributed by atoms with van der Waals surface area (Å²) in [7, 11) is 1.58. The molecule has 0 spiro atoms. The van der Waals surface area contributed by atoms with Crippen molar-refractivity contribution in [1.82, 2.24) is 10.2 Å². The quantitative estimate of drug-likeness (QED) is 0.677. The molecule has 0 saturated carbocycles. The molecule has 2 amide bonds. The van der Waals surface area contributed by atoms with E-state index in [1.807, 2.05) is 11.8 Å². The van der Waals surface area contributed by atoms with E-state index in [2.05, 4.69) is 5.32 Å². The van der Waals surface area contributed by atoms with Crippen LogP contribution in [0.25, 0.3) is 0 Å². The van der Waals surface area contributed by atoms with Gasteiger partial charge in [0.2, 0.25) is 0 Å². The van der Waals surface area contributed by atoms with Gasteiger partial charge in [0, 0.05) is 32.3 Å². The number of carbonyl (C=O) groups excluding carboxylic acids is 2. The second kappa shape index (κ2) is 10.7. The molecule has 1 fully saturated rings.